The maximum Gasteiger partial charge on any atom is 0.435 e. The molecule has 1 fully saturated rings. The molecule has 1 amide bonds. The minimum absolute atomic E-state index is 0.107. The van der Waals surface area contributed by atoms with Gasteiger partial charge in [-0.1, -0.05) is 35.9 Å². The summed E-state index contributed by atoms with van der Waals surface area (Å²) >= 11 is 6.05. The van der Waals surface area contributed by atoms with Crippen LogP contribution < -0.4 is 4.90 Å². The van der Waals surface area contributed by atoms with Crippen LogP contribution in [0.4, 0.5) is 18.9 Å². The number of hydrogen-bond acceptors (Lipinski definition) is 3. The van der Waals surface area contributed by atoms with Crippen molar-refractivity contribution >= 4 is 23.2 Å². The van der Waals surface area contributed by atoms with Crippen molar-refractivity contribution in [1.82, 2.24) is 14.7 Å². The summed E-state index contributed by atoms with van der Waals surface area (Å²) in [6.45, 7) is 1.87. The maximum atomic E-state index is 13.3. The second-order valence-corrected chi connectivity index (χ2v) is 7.36. The molecule has 1 aliphatic rings. The average molecular weight is 435 g/mol. The molecule has 156 valence electrons. The van der Waals surface area contributed by atoms with Gasteiger partial charge in [0.15, 0.2) is 5.69 Å². The Morgan fingerprint density at radius 2 is 1.57 bits per heavy atom. The van der Waals surface area contributed by atoms with E-state index in [1.807, 2.05) is 18.2 Å². The normalized spacial score (nSPS) is 14.8. The lowest BCUT2D eigenvalue weighted by atomic mass is 10.2. The second kappa shape index (κ2) is 8.02. The van der Waals surface area contributed by atoms with Crippen LogP contribution in [0.1, 0.15) is 16.2 Å². The molecule has 2 heterocycles. The van der Waals surface area contributed by atoms with Gasteiger partial charge in [0, 0.05) is 43.0 Å². The molecule has 9 heteroatoms. The Bertz CT molecular complexity index is 1040. The molecule has 0 radical (unpaired) electrons. The highest BCUT2D eigenvalue weighted by Crippen LogP contribution is 2.30. The Balaban J connectivity index is 1.57. The van der Waals surface area contributed by atoms with E-state index in [1.54, 1.807) is 41.3 Å². The number of aromatic nitrogens is 2. The number of nitrogens with zero attached hydrogens (tertiary/aromatic N) is 4. The molecule has 0 unspecified atom stereocenters. The number of hydrogen-bond donors (Lipinski definition) is 0. The predicted octanol–water partition coefficient (Wildman–Crippen LogP) is 4.51. The van der Waals surface area contributed by atoms with Gasteiger partial charge < -0.3 is 9.80 Å². The number of para-hydroxylation sites is 1. The number of carbonyl (C=O) groups excluding carboxylic acids is 1. The molecule has 30 heavy (non-hydrogen) atoms. The lowest BCUT2D eigenvalue weighted by Crippen LogP contribution is -2.49. The highest BCUT2D eigenvalue weighted by Gasteiger charge is 2.37. The third kappa shape index (κ3) is 4.14. The van der Waals surface area contributed by atoms with Gasteiger partial charge in [0.2, 0.25) is 0 Å². The fourth-order valence-electron chi connectivity index (χ4n) is 3.44. The molecule has 4 rings (SSSR count). The molecule has 2 aromatic carbocycles. The van der Waals surface area contributed by atoms with Gasteiger partial charge in [-0.25, -0.2) is 4.68 Å². The number of alkyl halides is 3. The first kappa shape index (κ1) is 20.3. The van der Waals surface area contributed by atoms with Crippen molar-refractivity contribution in [2.45, 2.75) is 6.18 Å². The van der Waals surface area contributed by atoms with Crippen LogP contribution in [0.15, 0.2) is 60.7 Å². The van der Waals surface area contributed by atoms with Gasteiger partial charge in [0.1, 0.15) is 5.69 Å². The van der Waals surface area contributed by atoms with Crippen LogP contribution in [-0.4, -0.2) is 46.8 Å². The third-order valence-electron chi connectivity index (χ3n) is 4.96. The van der Waals surface area contributed by atoms with Crippen LogP contribution in [0.25, 0.3) is 5.69 Å². The van der Waals surface area contributed by atoms with E-state index in [0.717, 1.165) is 16.4 Å². The Hall–Kier alpha value is -3.00. The van der Waals surface area contributed by atoms with Crippen molar-refractivity contribution in [2.24, 2.45) is 0 Å². The molecule has 1 aromatic heterocycles. The minimum atomic E-state index is -4.64. The zero-order valence-electron chi connectivity index (χ0n) is 15.8. The molecule has 1 aliphatic heterocycles. The number of anilines is 1. The molecule has 3 aromatic rings. The zero-order valence-corrected chi connectivity index (χ0v) is 16.6. The Kier molecular flexibility index (Phi) is 5.42. The van der Waals surface area contributed by atoms with Crippen LogP contribution in [0.2, 0.25) is 5.02 Å². The van der Waals surface area contributed by atoms with Crippen LogP contribution in [-0.2, 0) is 6.18 Å². The standard InChI is InChI=1S/C21H18ClF3N4O/c22-15-5-4-8-17(13-15)27-9-11-28(12-10-27)20(30)18-14-19(21(23,24)25)26-29(18)16-6-2-1-3-7-16/h1-8,13-14H,9-12H2. The Labute approximate surface area is 176 Å². The zero-order chi connectivity index (χ0) is 21.3. The molecular formula is C21H18ClF3N4O. The number of piperazine rings is 1. The molecule has 0 saturated carbocycles. The molecule has 0 spiro atoms. The Morgan fingerprint density at radius 3 is 2.20 bits per heavy atom. The number of benzene rings is 2. The molecule has 0 bridgehead atoms. The van der Waals surface area contributed by atoms with Gasteiger partial charge in [-0.3, -0.25) is 4.79 Å². The monoisotopic (exact) mass is 434 g/mol. The largest absolute Gasteiger partial charge is 0.435 e. The highest BCUT2D eigenvalue weighted by molar-refractivity contribution is 6.30. The molecule has 0 N–H and O–H groups in total. The SMILES string of the molecule is O=C(c1cc(C(F)(F)F)nn1-c1ccccc1)N1CCN(c2cccc(Cl)c2)CC1. The van der Waals surface area contributed by atoms with Gasteiger partial charge in [0.25, 0.3) is 5.91 Å². The van der Waals surface area contributed by atoms with Gasteiger partial charge >= 0.3 is 6.18 Å². The second-order valence-electron chi connectivity index (χ2n) is 6.92. The first-order valence-corrected chi connectivity index (χ1v) is 9.73. The van der Waals surface area contributed by atoms with E-state index in [-0.39, 0.29) is 5.69 Å². The van der Waals surface area contributed by atoms with Gasteiger partial charge in [-0.05, 0) is 30.3 Å². The summed E-state index contributed by atoms with van der Waals surface area (Å²) in [5, 5.41) is 4.28. The quantitative estimate of drug-likeness (QED) is 0.609. The van der Waals surface area contributed by atoms with E-state index in [1.165, 1.54) is 0 Å². The molecule has 5 nitrogen and oxygen atoms in total. The van der Waals surface area contributed by atoms with Gasteiger partial charge in [-0.15, -0.1) is 0 Å². The lowest BCUT2D eigenvalue weighted by Gasteiger charge is -2.36. The summed E-state index contributed by atoms with van der Waals surface area (Å²) in [5.74, 6) is -0.479. The number of rotatable bonds is 3. The topological polar surface area (TPSA) is 41.4 Å². The first-order valence-electron chi connectivity index (χ1n) is 9.35. The van der Waals surface area contributed by atoms with Crippen molar-refractivity contribution in [3.8, 4) is 5.69 Å². The van der Waals surface area contributed by atoms with E-state index in [9.17, 15) is 18.0 Å². The minimum Gasteiger partial charge on any atom is -0.368 e. The van der Waals surface area contributed by atoms with Crippen LogP contribution in [0.3, 0.4) is 0 Å². The Morgan fingerprint density at radius 1 is 0.900 bits per heavy atom. The van der Waals surface area contributed by atoms with Crippen molar-refractivity contribution in [1.29, 1.82) is 0 Å². The number of amides is 1. The van der Waals surface area contributed by atoms with Gasteiger partial charge in [0.05, 0.1) is 5.69 Å². The number of halogens is 4. The highest BCUT2D eigenvalue weighted by atomic mass is 35.5. The number of carbonyl (C=O) groups is 1. The maximum absolute atomic E-state index is 13.3. The van der Waals surface area contributed by atoms with E-state index in [4.69, 9.17) is 11.6 Å². The average Bonchev–Trinajstić information content (AvgIpc) is 3.20. The predicted molar refractivity (Wildman–Crippen MR) is 108 cm³/mol. The summed E-state index contributed by atoms with van der Waals surface area (Å²) in [7, 11) is 0. The van der Waals surface area contributed by atoms with Crippen LogP contribution in [0, 0.1) is 0 Å². The van der Waals surface area contributed by atoms with Crippen molar-refractivity contribution in [2.75, 3.05) is 31.1 Å². The fraction of sp³-hybridized carbons (Fsp3) is 0.238. The van der Waals surface area contributed by atoms with E-state index in [0.29, 0.717) is 36.9 Å². The fourth-order valence-corrected chi connectivity index (χ4v) is 3.63. The summed E-state index contributed by atoms with van der Waals surface area (Å²) in [6.07, 6.45) is -4.64. The van der Waals surface area contributed by atoms with Gasteiger partial charge in [-0.2, -0.15) is 18.3 Å². The summed E-state index contributed by atoms with van der Waals surface area (Å²) in [6, 6.07) is 16.6. The summed E-state index contributed by atoms with van der Waals surface area (Å²) < 4.78 is 40.8. The van der Waals surface area contributed by atoms with Crippen molar-refractivity contribution in [3.63, 3.8) is 0 Å². The summed E-state index contributed by atoms with van der Waals surface area (Å²) in [5.41, 5.74) is 0.147. The molecule has 0 atom stereocenters. The van der Waals surface area contributed by atoms with Crippen molar-refractivity contribution in [3.05, 3.63) is 77.1 Å². The van der Waals surface area contributed by atoms with E-state index in [2.05, 4.69) is 10.00 Å². The first-order chi connectivity index (χ1) is 14.3. The van der Waals surface area contributed by atoms with Crippen molar-refractivity contribution < 1.29 is 18.0 Å². The third-order valence-corrected chi connectivity index (χ3v) is 5.20. The lowest BCUT2D eigenvalue weighted by molar-refractivity contribution is -0.141. The smallest absolute Gasteiger partial charge is 0.368 e. The van der Waals surface area contributed by atoms with E-state index >= 15 is 0 Å². The van der Waals surface area contributed by atoms with E-state index < -0.39 is 17.8 Å². The molecule has 0 aliphatic carbocycles. The van der Waals surface area contributed by atoms with Crippen LogP contribution >= 0.6 is 11.6 Å². The molecule has 1 saturated heterocycles. The summed E-state index contributed by atoms with van der Waals surface area (Å²) in [4.78, 5) is 16.7. The van der Waals surface area contributed by atoms with Crippen LogP contribution in [0.5, 0.6) is 0 Å². The molecular weight excluding hydrogens is 417 g/mol.